The number of rotatable bonds is 8. The number of non-ortho nitro benzene ring substituents is 1. The number of anilines is 1. The number of nitrogen functional groups attached to an aromatic ring is 1. The summed E-state index contributed by atoms with van der Waals surface area (Å²) in [7, 11) is -3.97. The van der Waals surface area contributed by atoms with Gasteiger partial charge in [0.15, 0.2) is 0 Å². The van der Waals surface area contributed by atoms with E-state index in [-0.39, 0.29) is 22.9 Å². The van der Waals surface area contributed by atoms with Gasteiger partial charge in [-0.25, -0.2) is 13.1 Å². The van der Waals surface area contributed by atoms with Crippen LogP contribution in [0.25, 0.3) is 0 Å². The largest absolute Gasteiger partial charge is 0.380 e. The molecule has 0 bridgehead atoms. The van der Waals surface area contributed by atoms with E-state index in [4.69, 9.17) is 10.6 Å². The normalized spacial score (nSPS) is 12.9. The van der Waals surface area contributed by atoms with E-state index >= 15 is 0 Å². The summed E-state index contributed by atoms with van der Waals surface area (Å²) >= 11 is 0. The SMILES string of the molecule is CCOCC(C)NS(=O)(=O)c1cc([N+](=O)[O-])ccc1NN. The van der Waals surface area contributed by atoms with Crippen LogP contribution in [0.15, 0.2) is 23.1 Å². The highest BCUT2D eigenvalue weighted by Gasteiger charge is 2.23. The topological polar surface area (TPSA) is 137 Å². The molecular weight excluding hydrogens is 300 g/mol. The van der Waals surface area contributed by atoms with Crippen molar-refractivity contribution >= 4 is 21.4 Å². The van der Waals surface area contributed by atoms with Crippen molar-refractivity contribution < 1.29 is 18.1 Å². The van der Waals surface area contributed by atoms with Crippen molar-refractivity contribution in [1.29, 1.82) is 0 Å². The van der Waals surface area contributed by atoms with E-state index in [1.807, 2.05) is 0 Å². The zero-order valence-electron chi connectivity index (χ0n) is 11.7. The molecule has 21 heavy (non-hydrogen) atoms. The lowest BCUT2D eigenvalue weighted by molar-refractivity contribution is -0.385. The predicted molar refractivity (Wildman–Crippen MR) is 77.2 cm³/mol. The number of nitrogens with two attached hydrogens (primary N) is 1. The zero-order valence-corrected chi connectivity index (χ0v) is 12.5. The molecule has 0 saturated carbocycles. The number of nitrogens with one attached hydrogen (secondary N) is 2. The molecule has 118 valence electrons. The maximum atomic E-state index is 12.3. The van der Waals surface area contributed by atoms with Crippen LogP contribution in [0.3, 0.4) is 0 Å². The van der Waals surface area contributed by atoms with Gasteiger partial charge in [0.05, 0.1) is 17.2 Å². The molecule has 0 heterocycles. The molecule has 0 fully saturated rings. The summed E-state index contributed by atoms with van der Waals surface area (Å²) in [4.78, 5) is 9.80. The average Bonchev–Trinajstić information content (AvgIpc) is 2.43. The van der Waals surface area contributed by atoms with Crippen molar-refractivity contribution in [1.82, 2.24) is 4.72 Å². The Bertz CT molecular complexity index is 605. The number of nitrogens with zero attached hydrogens (tertiary/aromatic N) is 1. The smallest absolute Gasteiger partial charge is 0.270 e. The number of hydrazine groups is 1. The van der Waals surface area contributed by atoms with Crippen LogP contribution >= 0.6 is 0 Å². The molecule has 0 aliphatic rings. The van der Waals surface area contributed by atoms with Crippen molar-refractivity contribution in [2.75, 3.05) is 18.6 Å². The molecule has 10 heteroatoms. The predicted octanol–water partition coefficient (Wildman–Crippen LogP) is 0.584. The summed E-state index contributed by atoms with van der Waals surface area (Å²) in [5.74, 6) is 5.25. The minimum absolute atomic E-state index is 0.0664. The molecule has 0 aliphatic heterocycles. The Morgan fingerprint density at radius 3 is 2.67 bits per heavy atom. The number of benzene rings is 1. The minimum Gasteiger partial charge on any atom is -0.380 e. The molecule has 1 unspecified atom stereocenters. The van der Waals surface area contributed by atoms with Gasteiger partial charge < -0.3 is 10.2 Å². The van der Waals surface area contributed by atoms with Crippen molar-refractivity contribution in [2.45, 2.75) is 24.8 Å². The summed E-state index contributed by atoms with van der Waals surface area (Å²) < 4.78 is 32.0. The number of hydrogen-bond acceptors (Lipinski definition) is 7. The van der Waals surface area contributed by atoms with Gasteiger partial charge in [-0.1, -0.05) is 0 Å². The monoisotopic (exact) mass is 318 g/mol. The van der Waals surface area contributed by atoms with E-state index in [0.717, 1.165) is 12.1 Å². The number of ether oxygens (including phenoxy) is 1. The fourth-order valence-electron chi connectivity index (χ4n) is 1.62. The third-order valence-electron chi connectivity index (χ3n) is 2.55. The van der Waals surface area contributed by atoms with E-state index in [0.29, 0.717) is 6.61 Å². The number of nitro groups is 1. The first-order chi connectivity index (χ1) is 9.81. The lowest BCUT2D eigenvalue weighted by atomic mass is 10.3. The molecule has 0 aliphatic carbocycles. The van der Waals surface area contributed by atoms with Gasteiger partial charge >= 0.3 is 0 Å². The lowest BCUT2D eigenvalue weighted by Gasteiger charge is -2.15. The van der Waals surface area contributed by atoms with Gasteiger partial charge in [-0.05, 0) is 19.9 Å². The lowest BCUT2D eigenvalue weighted by Crippen LogP contribution is -2.36. The highest BCUT2D eigenvalue weighted by Crippen LogP contribution is 2.25. The summed E-state index contributed by atoms with van der Waals surface area (Å²) in [6, 6.07) is 2.86. The molecule has 1 aromatic rings. The van der Waals surface area contributed by atoms with E-state index in [1.54, 1.807) is 13.8 Å². The highest BCUT2D eigenvalue weighted by molar-refractivity contribution is 7.89. The van der Waals surface area contributed by atoms with Crippen LogP contribution in [0.5, 0.6) is 0 Å². The Morgan fingerprint density at radius 2 is 2.14 bits per heavy atom. The Labute approximate surface area is 122 Å². The first kappa shape index (κ1) is 17.3. The van der Waals surface area contributed by atoms with Gasteiger partial charge in [0, 0.05) is 24.8 Å². The van der Waals surface area contributed by atoms with E-state index < -0.39 is 21.0 Å². The maximum absolute atomic E-state index is 12.3. The second-order valence-electron chi connectivity index (χ2n) is 4.26. The fraction of sp³-hybridized carbons (Fsp3) is 0.455. The quantitative estimate of drug-likeness (QED) is 0.362. The molecule has 0 spiro atoms. The maximum Gasteiger partial charge on any atom is 0.270 e. The van der Waals surface area contributed by atoms with Gasteiger partial charge in [0.25, 0.3) is 5.69 Å². The summed E-state index contributed by atoms with van der Waals surface area (Å²) in [5, 5.41) is 10.8. The Kier molecular flexibility index (Phi) is 6.03. The Morgan fingerprint density at radius 1 is 1.48 bits per heavy atom. The average molecular weight is 318 g/mol. The van der Waals surface area contributed by atoms with E-state index in [2.05, 4.69) is 10.1 Å². The molecule has 0 saturated heterocycles. The van der Waals surface area contributed by atoms with Crippen LogP contribution in [0, 0.1) is 10.1 Å². The van der Waals surface area contributed by atoms with Crippen LogP contribution in [-0.4, -0.2) is 32.6 Å². The van der Waals surface area contributed by atoms with Crippen LogP contribution in [-0.2, 0) is 14.8 Å². The summed E-state index contributed by atoms with van der Waals surface area (Å²) in [5.41, 5.74) is 1.94. The molecule has 1 atom stereocenters. The first-order valence-corrected chi connectivity index (χ1v) is 7.65. The van der Waals surface area contributed by atoms with Gasteiger partial charge in [0.1, 0.15) is 4.90 Å². The van der Waals surface area contributed by atoms with Crippen molar-refractivity contribution in [3.05, 3.63) is 28.3 Å². The molecule has 9 nitrogen and oxygen atoms in total. The molecule has 1 rings (SSSR count). The van der Waals surface area contributed by atoms with Crippen molar-refractivity contribution in [3.8, 4) is 0 Å². The number of nitro benzene ring substituents is 1. The first-order valence-electron chi connectivity index (χ1n) is 6.17. The van der Waals surface area contributed by atoms with E-state index in [1.165, 1.54) is 6.07 Å². The van der Waals surface area contributed by atoms with Gasteiger partial charge in [-0.3, -0.25) is 16.0 Å². The Hall–Kier alpha value is -1.75. The highest BCUT2D eigenvalue weighted by atomic mass is 32.2. The van der Waals surface area contributed by atoms with Gasteiger partial charge in [-0.2, -0.15) is 0 Å². The zero-order chi connectivity index (χ0) is 16.0. The van der Waals surface area contributed by atoms with Crippen molar-refractivity contribution in [3.63, 3.8) is 0 Å². The van der Waals surface area contributed by atoms with Crippen molar-refractivity contribution in [2.24, 2.45) is 5.84 Å². The van der Waals surface area contributed by atoms with Crippen LogP contribution < -0.4 is 16.0 Å². The molecular formula is C11H18N4O5S. The van der Waals surface area contributed by atoms with Crippen LogP contribution in [0.4, 0.5) is 11.4 Å². The Balaban J connectivity index is 3.11. The van der Waals surface area contributed by atoms with Crippen LogP contribution in [0.1, 0.15) is 13.8 Å². The second-order valence-corrected chi connectivity index (χ2v) is 5.95. The second kappa shape index (κ2) is 7.31. The third kappa shape index (κ3) is 4.63. The standard InChI is InChI=1S/C11H18N4O5S/c1-3-20-7-8(2)14-21(18,19)11-6-9(15(16)17)4-5-10(11)13-12/h4-6,8,13-14H,3,7,12H2,1-2H3. The summed E-state index contributed by atoms with van der Waals surface area (Å²) in [6.45, 7) is 4.06. The van der Waals surface area contributed by atoms with Crippen LogP contribution in [0.2, 0.25) is 0 Å². The van der Waals surface area contributed by atoms with E-state index in [9.17, 15) is 18.5 Å². The number of sulfonamides is 1. The fourth-order valence-corrected chi connectivity index (χ4v) is 3.04. The minimum atomic E-state index is -3.97. The molecule has 4 N–H and O–H groups in total. The molecule has 1 aromatic carbocycles. The van der Waals surface area contributed by atoms with Gasteiger partial charge in [0.2, 0.25) is 10.0 Å². The molecule has 0 radical (unpaired) electrons. The number of hydrogen-bond donors (Lipinski definition) is 3. The molecule has 0 aromatic heterocycles. The molecule has 0 amide bonds. The third-order valence-corrected chi connectivity index (χ3v) is 4.18. The summed E-state index contributed by atoms with van der Waals surface area (Å²) in [6.07, 6.45) is 0. The van der Waals surface area contributed by atoms with Gasteiger partial charge in [-0.15, -0.1) is 0 Å².